The molecule has 1 fully saturated rings. The van der Waals surface area contributed by atoms with Crippen LogP contribution >= 0.6 is 0 Å². The van der Waals surface area contributed by atoms with E-state index < -0.39 is 0 Å². The van der Waals surface area contributed by atoms with Gasteiger partial charge in [-0.3, -0.25) is 5.84 Å². The third-order valence-corrected chi connectivity index (χ3v) is 2.43. The summed E-state index contributed by atoms with van der Waals surface area (Å²) in [5.41, 5.74) is 0. The average Bonchev–Trinajstić information content (AvgIpc) is 2.15. The summed E-state index contributed by atoms with van der Waals surface area (Å²) in [6.45, 7) is 8.91. The van der Waals surface area contributed by atoms with E-state index in [0.29, 0.717) is 6.04 Å². The fourth-order valence-electron chi connectivity index (χ4n) is 1.55. The summed E-state index contributed by atoms with van der Waals surface area (Å²) in [6.07, 6.45) is 1.20. The monoisotopic (exact) mass is 157 g/mol. The summed E-state index contributed by atoms with van der Waals surface area (Å²) in [7, 11) is 0. The zero-order chi connectivity index (χ0) is 8.27. The number of likely N-dealkylation sites (N-methyl/N-ethyl adjacent to an activating group) is 1. The SMILES string of the molecule is CCN1CCCN(N)C(C)C1. The van der Waals surface area contributed by atoms with E-state index in [-0.39, 0.29) is 0 Å². The van der Waals surface area contributed by atoms with Crippen LogP contribution in [0.1, 0.15) is 20.3 Å². The second-order valence-corrected chi connectivity index (χ2v) is 3.33. The molecule has 1 heterocycles. The van der Waals surface area contributed by atoms with Crippen LogP contribution in [0.5, 0.6) is 0 Å². The molecule has 1 unspecified atom stereocenters. The van der Waals surface area contributed by atoms with Crippen LogP contribution in [-0.2, 0) is 0 Å². The molecule has 1 aliphatic rings. The molecule has 1 rings (SSSR count). The molecular weight excluding hydrogens is 138 g/mol. The van der Waals surface area contributed by atoms with Gasteiger partial charge < -0.3 is 4.90 Å². The van der Waals surface area contributed by atoms with Crippen molar-refractivity contribution in [3.63, 3.8) is 0 Å². The standard InChI is InChI=1S/C8H19N3/c1-3-10-5-4-6-11(9)8(2)7-10/h8H,3-7,9H2,1-2H3. The van der Waals surface area contributed by atoms with Gasteiger partial charge in [0.25, 0.3) is 0 Å². The van der Waals surface area contributed by atoms with Crippen LogP contribution in [0.2, 0.25) is 0 Å². The quantitative estimate of drug-likeness (QED) is 0.555. The maximum atomic E-state index is 5.80. The average molecular weight is 157 g/mol. The van der Waals surface area contributed by atoms with Crippen LogP contribution in [0.4, 0.5) is 0 Å². The summed E-state index contributed by atoms with van der Waals surface area (Å²) >= 11 is 0. The van der Waals surface area contributed by atoms with Crippen LogP contribution in [0, 0.1) is 0 Å². The molecule has 0 amide bonds. The summed E-state index contributed by atoms with van der Waals surface area (Å²) in [5, 5.41) is 1.95. The van der Waals surface area contributed by atoms with Crippen molar-refractivity contribution in [3.05, 3.63) is 0 Å². The van der Waals surface area contributed by atoms with Gasteiger partial charge in [-0.2, -0.15) is 0 Å². The summed E-state index contributed by atoms with van der Waals surface area (Å²) in [4.78, 5) is 2.46. The van der Waals surface area contributed by atoms with Crippen molar-refractivity contribution in [3.8, 4) is 0 Å². The van der Waals surface area contributed by atoms with Crippen molar-refractivity contribution in [1.29, 1.82) is 0 Å². The van der Waals surface area contributed by atoms with Crippen LogP contribution in [-0.4, -0.2) is 42.1 Å². The Hall–Kier alpha value is -0.120. The molecule has 11 heavy (non-hydrogen) atoms. The van der Waals surface area contributed by atoms with Gasteiger partial charge in [0.1, 0.15) is 0 Å². The number of hydrogen-bond donors (Lipinski definition) is 1. The van der Waals surface area contributed by atoms with Gasteiger partial charge in [0.05, 0.1) is 0 Å². The van der Waals surface area contributed by atoms with Crippen LogP contribution in [0.3, 0.4) is 0 Å². The lowest BCUT2D eigenvalue weighted by molar-refractivity contribution is 0.197. The Morgan fingerprint density at radius 3 is 2.82 bits per heavy atom. The normalized spacial score (nSPS) is 30.3. The van der Waals surface area contributed by atoms with Crippen molar-refractivity contribution in [2.24, 2.45) is 5.84 Å². The van der Waals surface area contributed by atoms with E-state index in [1.54, 1.807) is 0 Å². The lowest BCUT2D eigenvalue weighted by Crippen LogP contribution is -2.43. The Bertz CT molecular complexity index is 116. The van der Waals surface area contributed by atoms with E-state index >= 15 is 0 Å². The van der Waals surface area contributed by atoms with Gasteiger partial charge in [-0.1, -0.05) is 6.92 Å². The smallest absolute Gasteiger partial charge is 0.0340 e. The summed E-state index contributed by atoms with van der Waals surface area (Å²) < 4.78 is 0. The first-order valence-corrected chi connectivity index (χ1v) is 4.47. The van der Waals surface area contributed by atoms with Gasteiger partial charge in [-0.25, -0.2) is 5.01 Å². The molecule has 1 saturated heterocycles. The molecule has 1 aliphatic heterocycles. The number of nitrogens with two attached hydrogens (primary N) is 1. The minimum absolute atomic E-state index is 0.512. The van der Waals surface area contributed by atoms with Gasteiger partial charge >= 0.3 is 0 Å². The highest BCUT2D eigenvalue weighted by Crippen LogP contribution is 2.04. The van der Waals surface area contributed by atoms with E-state index in [9.17, 15) is 0 Å². The first-order chi connectivity index (χ1) is 5.24. The fraction of sp³-hybridized carbons (Fsp3) is 1.00. The van der Waals surface area contributed by atoms with Gasteiger partial charge in [0.2, 0.25) is 0 Å². The molecule has 0 radical (unpaired) electrons. The summed E-state index contributed by atoms with van der Waals surface area (Å²) in [5.74, 6) is 5.80. The highest BCUT2D eigenvalue weighted by atomic mass is 15.4. The molecule has 0 aliphatic carbocycles. The van der Waals surface area contributed by atoms with E-state index in [0.717, 1.165) is 19.6 Å². The molecule has 1 atom stereocenters. The topological polar surface area (TPSA) is 32.5 Å². The predicted molar refractivity (Wildman–Crippen MR) is 47.1 cm³/mol. The van der Waals surface area contributed by atoms with Crippen molar-refractivity contribution in [2.45, 2.75) is 26.3 Å². The first kappa shape index (κ1) is 8.97. The van der Waals surface area contributed by atoms with Crippen LogP contribution < -0.4 is 5.84 Å². The predicted octanol–water partition coefficient (Wildman–Crippen LogP) is 0.276. The molecule has 2 N–H and O–H groups in total. The molecular formula is C8H19N3. The molecule has 0 spiro atoms. The Balaban J connectivity index is 2.41. The molecule has 66 valence electrons. The summed E-state index contributed by atoms with van der Waals surface area (Å²) in [6, 6.07) is 0.512. The highest BCUT2D eigenvalue weighted by molar-refractivity contribution is 4.72. The maximum Gasteiger partial charge on any atom is 0.0340 e. The largest absolute Gasteiger partial charge is 0.302 e. The second kappa shape index (κ2) is 4.04. The molecule has 0 saturated carbocycles. The third kappa shape index (κ3) is 2.43. The lowest BCUT2D eigenvalue weighted by atomic mass is 10.3. The number of rotatable bonds is 1. The first-order valence-electron chi connectivity index (χ1n) is 4.47. The molecule has 3 nitrogen and oxygen atoms in total. The fourth-order valence-corrected chi connectivity index (χ4v) is 1.55. The molecule has 0 bridgehead atoms. The third-order valence-electron chi connectivity index (χ3n) is 2.43. The number of nitrogens with zero attached hydrogens (tertiary/aromatic N) is 2. The van der Waals surface area contributed by atoms with Gasteiger partial charge in [0.15, 0.2) is 0 Å². The Labute approximate surface area is 69.1 Å². The van der Waals surface area contributed by atoms with Crippen molar-refractivity contribution in [1.82, 2.24) is 9.91 Å². The number of hydrogen-bond acceptors (Lipinski definition) is 3. The Morgan fingerprint density at radius 2 is 2.18 bits per heavy atom. The van der Waals surface area contributed by atoms with E-state index in [1.165, 1.54) is 13.0 Å². The Kier molecular flexibility index (Phi) is 3.30. The minimum atomic E-state index is 0.512. The zero-order valence-corrected chi connectivity index (χ0v) is 7.58. The number of hydrazine groups is 1. The molecule has 0 aromatic rings. The van der Waals surface area contributed by atoms with Gasteiger partial charge in [-0.15, -0.1) is 0 Å². The molecule has 0 aromatic carbocycles. The van der Waals surface area contributed by atoms with E-state index in [2.05, 4.69) is 18.7 Å². The second-order valence-electron chi connectivity index (χ2n) is 3.33. The maximum absolute atomic E-state index is 5.80. The van der Waals surface area contributed by atoms with Crippen molar-refractivity contribution in [2.75, 3.05) is 26.2 Å². The van der Waals surface area contributed by atoms with Crippen LogP contribution in [0.25, 0.3) is 0 Å². The minimum Gasteiger partial charge on any atom is -0.302 e. The van der Waals surface area contributed by atoms with E-state index in [1.807, 2.05) is 5.01 Å². The lowest BCUT2D eigenvalue weighted by Gasteiger charge is -2.24. The van der Waals surface area contributed by atoms with Crippen molar-refractivity contribution >= 4 is 0 Å². The van der Waals surface area contributed by atoms with E-state index in [4.69, 9.17) is 5.84 Å². The Morgan fingerprint density at radius 1 is 1.45 bits per heavy atom. The molecule has 3 heteroatoms. The van der Waals surface area contributed by atoms with Crippen LogP contribution in [0.15, 0.2) is 0 Å². The molecule has 0 aromatic heterocycles. The van der Waals surface area contributed by atoms with Gasteiger partial charge in [0, 0.05) is 19.1 Å². The van der Waals surface area contributed by atoms with Gasteiger partial charge in [-0.05, 0) is 26.4 Å². The zero-order valence-electron chi connectivity index (χ0n) is 7.58. The highest BCUT2D eigenvalue weighted by Gasteiger charge is 2.17. The van der Waals surface area contributed by atoms with Crippen molar-refractivity contribution < 1.29 is 0 Å².